The Hall–Kier alpha value is -3.74. The third kappa shape index (κ3) is 3.20. The SMILES string of the molecule is CC(C)CNc1ncc2c(-c3ccn4ncc(-c5cccnc5)c4c3)c[nH]c2n1. The zero-order valence-corrected chi connectivity index (χ0v) is 16.3. The molecule has 5 heterocycles. The van der Waals surface area contributed by atoms with Crippen molar-refractivity contribution in [1.82, 2.24) is 29.5 Å². The van der Waals surface area contributed by atoms with Crippen molar-refractivity contribution in [1.29, 1.82) is 0 Å². The highest BCUT2D eigenvalue weighted by Gasteiger charge is 2.12. The van der Waals surface area contributed by atoms with E-state index in [2.05, 4.69) is 56.3 Å². The fourth-order valence-corrected chi connectivity index (χ4v) is 3.42. The van der Waals surface area contributed by atoms with Crippen molar-refractivity contribution in [3.8, 4) is 22.3 Å². The molecule has 0 spiro atoms. The summed E-state index contributed by atoms with van der Waals surface area (Å²) in [6.07, 6.45) is 11.3. The van der Waals surface area contributed by atoms with Crippen molar-refractivity contribution in [3.05, 3.63) is 61.4 Å². The van der Waals surface area contributed by atoms with Crippen LogP contribution in [0, 0.1) is 5.92 Å². The highest BCUT2D eigenvalue weighted by molar-refractivity contribution is 5.95. The molecule has 0 radical (unpaired) electrons. The summed E-state index contributed by atoms with van der Waals surface area (Å²) in [5.41, 5.74) is 6.10. The fourth-order valence-electron chi connectivity index (χ4n) is 3.42. The summed E-state index contributed by atoms with van der Waals surface area (Å²) in [7, 11) is 0. The Bertz CT molecular complexity index is 1280. The first-order chi connectivity index (χ1) is 14.2. The second kappa shape index (κ2) is 7.01. The zero-order valence-electron chi connectivity index (χ0n) is 16.3. The van der Waals surface area contributed by atoms with Gasteiger partial charge in [0.1, 0.15) is 5.65 Å². The molecule has 5 aromatic heterocycles. The summed E-state index contributed by atoms with van der Waals surface area (Å²) in [6, 6.07) is 8.18. The molecule has 29 heavy (non-hydrogen) atoms. The number of hydrogen-bond donors (Lipinski definition) is 2. The molecule has 0 aliphatic rings. The fraction of sp³-hybridized carbons (Fsp3) is 0.182. The molecule has 2 N–H and O–H groups in total. The summed E-state index contributed by atoms with van der Waals surface area (Å²) < 4.78 is 1.88. The van der Waals surface area contributed by atoms with E-state index in [1.54, 1.807) is 6.20 Å². The standard InChI is InChI=1S/C22H21N7/c1-14(2)9-25-22-26-12-19-17(11-24-21(19)28-22)15-5-7-29-20(8-15)18(13-27-29)16-4-3-6-23-10-16/h3-8,10-14H,9H2,1-2H3,(H2,24,25,26,28). The van der Waals surface area contributed by atoms with Gasteiger partial charge in [-0.1, -0.05) is 19.9 Å². The first-order valence-corrected chi connectivity index (χ1v) is 9.65. The van der Waals surface area contributed by atoms with Gasteiger partial charge < -0.3 is 10.3 Å². The van der Waals surface area contributed by atoms with Crippen molar-refractivity contribution in [2.24, 2.45) is 5.92 Å². The van der Waals surface area contributed by atoms with Crippen LogP contribution in [0.4, 0.5) is 5.95 Å². The molecular formula is C22H21N7. The average molecular weight is 383 g/mol. The molecule has 0 atom stereocenters. The Morgan fingerprint density at radius 1 is 1.10 bits per heavy atom. The van der Waals surface area contributed by atoms with E-state index < -0.39 is 0 Å². The van der Waals surface area contributed by atoms with Crippen molar-refractivity contribution in [2.75, 3.05) is 11.9 Å². The van der Waals surface area contributed by atoms with Gasteiger partial charge >= 0.3 is 0 Å². The van der Waals surface area contributed by atoms with Gasteiger partial charge in [0.2, 0.25) is 5.95 Å². The van der Waals surface area contributed by atoms with Gasteiger partial charge in [0.15, 0.2) is 0 Å². The van der Waals surface area contributed by atoms with Crippen LogP contribution in [0.5, 0.6) is 0 Å². The first kappa shape index (κ1) is 17.4. The molecule has 0 aliphatic heterocycles. The first-order valence-electron chi connectivity index (χ1n) is 9.65. The van der Waals surface area contributed by atoms with E-state index in [1.807, 2.05) is 47.6 Å². The van der Waals surface area contributed by atoms with Gasteiger partial charge in [-0.25, -0.2) is 9.50 Å². The van der Waals surface area contributed by atoms with E-state index in [0.717, 1.165) is 45.3 Å². The average Bonchev–Trinajstić information content (AvgIpc) is 3.36. The number of aromatic nitrogens is 6. The van der Waals surface area contributed by atoms with Gasteiger partial charge in [-0.3, -0.25) is 4.98 Å². The summed E-state index contributed by atoms with van der Waals surface area (Å²) >= 11 is 0. The normalized spacial score (nSPS) is 11.6. The van der Waals surface area contributed by atoms with Crippen molar-refractivity contribution < 1.29 is 0 Å². The van der Waals surface area contributed by atoms with E-state index in [1.165, 1.54) is 0 Å². The Labute approximate surface area is 167 Å². The van der Waals surface area contributed by atoms with Gasteiger partial charge in [0.25, 0.3) is 0 Å². The van der Waals surface area contributed by atoms with E-state index in [4.69, 9.17) is 0 Å². The Balaban J connectivity index is 1.56. The lowest BCUT2D eigenvalue weighted by Gasteiger charge is -2.07. The molecule has 0 aromatic carbocycles. The molecule has 0 amide bonds. The number of nitrogens with zero attached hydrogens (tertiary/aromatic N) is 5. The molecule has 5 aromatic rings. The number of aromatic amines is 1. The molecule has 0 unspecified atom stereocenters. The minimum absolute atomic E-state index is 0.532. The largest absolute Gasteiger partial charge is 0.354 e. The number of H-pyrrole nitrogens is 1. The van der Waals surface area contributed by atoms with Crippen LogP contribution in [0.3, 0.4) is 0 Å². The number of nitrogens with one attached hydrogen (secondary N) is 2. The van der Waals surface area contributed by atoms with Gasteiger partial charge in [-0.05, 0) is 29.7 Å². The van der Waals surface area contributed by atoms with Crippen LogP contribution in [0.1, 0.15) is 13.8 Å². The Morgan fingerprint density at radius 2 is 2.03 bits per heavy atom. The van der Waals surface area contributed by atoms with Crippen LogP contribution in [0.2, 0.25) is 0 Å². The van der Waals surface area contributed by atoms with E-state index in [9.17, 15) is 0 Å². The second-order valence-corrected chi connectivity index (χ2v) is 7.48. The quantitative estimate of drug-likeness (QED) is 0.470. The predicted molar refractivity (Wildman–Crippen MR) is 115 cm³/mol. The van der Waals surface area contributed by atoms with Crippen LogP contribution in [0.15, 0.2) is 61.4 Å². The summed E-state index contributed by atoms with van der Waals surface area (Å²) in [5, 5.41) is 8.74. The van der Waals surface area contributed by atoms with E-state index in [0.29, 0.717) is 11.9 Å². The van der Waals surface area contributed by atoms with Gasteiger partial charge in [-0.2, -0.15) is 10.1 Å². The summed E-state index contributed by atoms with van der Waals surface area (Å²) in [5.74, 6) is 1.18. The predicted octanol–water partition coefficient (Wildman–Crippen LogP) is 4.40. The van der Waals surface area contributed by atoms with Crippen molar-refractivity contribution >= 4 is 22.5 Å². The Morgan fingerprint density at radius 3 is 2.86 bits per heavy atom. The molecule has 7 nitrogen and oxygen atoms in total. The van der Waals surface area contributed by atoms with Gasteiger partial charge in [0.05, 0.1) is 11.7 Å². The summed E-state index contributed by atoms with van der Waals surface area (Å²) in [6.45, 7) is 5.16. The van der Waals surface area contributed by atoms with Crippen LogP contribution >= 0.6 is 0 Å². The number of anilines is 1. The third-order valence-corrected chi connectivity index (χ3v) is 4.91. The Kier molecular flexibility index (Phi) is 4.20. The highest BCUT2D eigenvalue weighted by Crippen LogP contribution is 2.31. The third-order valence-electron chi connectivity index (χ3n) is 4.91. The summed E-state index contributed by atoms with van der Waals surface area (Å²) in [4.78, 5) is 16.6. The maximum Gasteiger partial charge on any atom is 0.224 e. The maximum absolute atomic E-state index is 4.61. The number of rotatable bonds is 5. The number of fused-ring (bicyclic) bond motifs is 2. The minimum atomic E-state index is 0.532. The van der Waals surface area contributed by atoms with E-state index in [-0.39, 0.29) is 0 Å². The van der Waals surface area contributed by atoms with Crippen LogP contribution in [-0.2, 0) is 0 Å². The highest BCUT2D eigenvalue weighted by atomic mass is 15.2. The lowest BCUT2D eigenvalue weighted by atomic mass is 10.0. The number of pyridine rings is 2. The molecule has 0 saturated heterocycles. The minimum Gasteiger partial charge on any atom is -0.354 e. The topological polar surface area (TPSA) is 83.8 Å². The van der Waals surface area contributed by atoms with Crippen molar-refractivity contribution in [3.63, 3.8) is 0 Å². The van der Waals surface area contributed by atoms with Gasteiger partial charge in [-0.15, -0.1) is 0 Å². The molecule has 0 saturated carbocycles. The smallest absolute Gasteiger partial charge is 0.224 e. The lowest BCUT2D eigenvalue weighted by Crippen LogP contribution is -2.10. The maximum atomic E-state index is 4.61. The van der Waals surface area contributed by atoms with Crippen LogP contribution in [-0.4, -0.2) is 36.1 Å². The molecule has 0 aliphatic carbocycles. The van der Waals surface area contributed by atoms with E-state index >= 15 is 0 Å². The van der Waals surface area contributed by atoms with Crippen LogP contribution in [0.25, 0.3) is 38.8 Å². The van der Waals surface area contributed by atoms with Crippen molar-refractivity contribution in [2.45, 2.75) is 13.8 Å². The molecular weight excluding hydrogens is 362 g/mol. The van der Waals surface area contributed by atoms with Gasteiger partial charge in [0, 0.05) is 59.6 Å². The zero-order chi connectivity index (χ0) is 19.8. The molecule has 5 rings (SSSR count). The van der Waals surface area contributed by atoms with Crippen LogP contribution < -0.4 is 5.32 Å². The molecule has 144 valence electrons. The molecule has 0 fully saturated rings. The number of hydrogen-bond acceptors (Lipinski definition) is 5. The molecule has 0 bridgehead atoms. The second-order valence-electron chi connectivity index (χ2n) is 7.48. The monoisotopic (exact) mass is 383 g/mol. The molecule has 7 heteroatoms. The lowest BCUT2D eigenvalue weighted by molar-refractivity contribution is 0.685.